The number of halogens is 3. The first-order valence-corrected chi connectivity index (χ1v) is 9.61. The van der Waals surface area contributed by atoms with Crippen LogP contribution in [0.25, 0.3) is 10.9 Å². The van der Waals surface area contributed by atoms with Gasteiger partial charge in [-0.05, 0) is 26.2 Å². The van der Waals surface area contributed by atoms with Gasteiger partial charge in [-0.15, -0.1) is 0 Å². The second kappa shape index (κ2) is 8.95. The molecule has 3 heterocycles. The van der Waals surface area contributed by atoms with Crippen molar-refractivity contribution < 1.29 is 27.9 Å². The zero-order chi connectivity index (χ0) is 23.6. The summed E-state index contributed by atoms with van der Waals surface area (Å²) in [6, 6.07) is 11.6. The van der Waals surface area contributed by atoms with Gasteiger partial charge in [0.2, 0.25) is 0 Å². The monoisotopic (exact) mass is 449 g/mol. The Balaban J connectivity index is 0.000000360. The van der Waals surface area contributed by atoms with Gasteiger partial charge < -0.3 is 14.9 Å². The fraction of sp³-hybridized carbons (Fsp3) is 0.333. The number of carbonyl (C=O) groups is 2. The number of pyridine rings is 1. The number of carboxylic acid groups (broad SMARTS) is 1. The normalized spacial score (nSPS) is 13.2. The first-order valence-electron chi connectivity index (χ1n) is 9.61. The van der Waals surface area contributed by atoms with Crippen LogP contribution in [-0.4, -0.2) is 61.8 Å². The SMILES string of the molecule is CN(C)Cc1nn(C)c2c1CN(C(=O)c1ccc3ccccc3n1)C2.O=C(O)C(F)(F)F. The predicted molar refractivity (Wildman–Crippen MR) is 110 cm³/mol. The Bertz CT molecular complexity index is 1160. The van der Waals surface area contributed by atoms with Crippen molar-refractivity contribution in [3.8, 4) is 0 Å². The van der Waals surface area contributed by atoms with E-state index in [9.17, 15) is 18.0 Å². The maximum Gasteiger partial charge on any atom is 0.490 e. The van der Waals surface area contributed by atoms with Gasteiger partial charge >= 0.3 is 12.1 Å². The minimum atomic E-state index is -5.08. The van der Waals surface area contributed by atoms with Crippen LogP contribution in [0.2, 0.25) is 0 Å². The predicted octanol–water partition coefficient (Wildman–Crippen LogP) is 2.82. The van der Waals surface area contributed by atoms with E-state index in [0.29, 0.717) is 18.8 Å². The van der Waals surface area contributed by atoms with Gasteiger partial charge in [0, 0.05) is 24.5 Å². The molecule has 4 rings (SSSR count). The van der Waals surface area contributed by atoms with Gasteiger partial charge in [-0.25, -0.2) is 9.78 Å². The molecule has 0 bridgehead atoms. The van der Waals surface area contributed by atoms with Crippen molar-refractivity contribution in [2.75, 3.05) is 14.1 Å². The second-order valence-corrected chi connectivity index (χ2v) is 7.59. The molecule has 1 aromatic carbocycles. The van der Waals surface area contributed by atoms with Crippen molar-refractivity contribution in [2.24, 2.45) is 7.05 Å². The number of aryl methyl sites for hydroxylation is 1. The quantitative estimate of drug-likeness (QED) is 0.661. The average Bonchev–Trinajstić information content (AvgIpc) is 3.28. The molecule has 32 heavy (non-hydrogen) atoms. The molecule has 8 nitrogen and oxygen atoms in total. The summed E-state index contributed by atoms with van der Waals surface area (Å²) in [4.78, 5) is 30.3. The van der Waals surface area contributed by atoms with Crippen LogP contribution in [0.3, 0.4) is 0 Å². The van der Waals surface area contributed by atoms with Gasteiger partial charge in [-0.3, -0.25) is 9.48 Å². The van der Waals surface area contributed by atoms with Crippen LogP contribution in [0.1, 0.15) is 27.4 Å². The highest BCUT2D eigenvalue weighted by Gasteiger charge is 2.38. The molecular weight excluding hydrogens is 427 g/mol. The largest absolute Gasteiger partial charge is 0.490 e. The number of aliphatic carboxylic acids is 1. The lowest BCUT2D eigenvalue weighted by Crippen LogP contribution is -2.27. The van der Waals surface area contributed by atoms with E-state index < -0.39 is 12.1 Å². The number of rotatable bonds is 3. The highest BCUT2D eigenvalue weighted by atomic mass is 19.4. The number of fused-ring (bicyclic) bond motifs is 2. The summed E-state index contributed by atoms with van der Waals surface area (Å²) in [6.45, 7) is 1.96. The highest BCUT2D eigenvalue weighted by Crippen LogP contribution is 2.27. The number of hydrogen-bond acceptors (Lipinski definition) is 5. The van der Waals surface area contributed by atoms with E-state index in [0.717, 1.165) is 28.8 Å². The van der Waals surface area contributed by atoms with E-state index in [4.69, 9.17) is 9.90 Å². The molecule has 3 aromatic rings. The molecule has 170 valence electrons. The van der Waals surface area contributed by atoms with Crippen LogP contribution in [0.4, 0.5) is 13.2 Å². The third-order valence-electron chi connectivity index (χ3n) is 4.86. The van der Waals surface area contributed by atoms with E-state index in [-0.39, 0.29) is 5.91 Å². The molecule has 0 atom stereocenters. The molecule has 0 aliphatic carbocycles. The zero-order valence-electron chi connectivity index (χ0n) is 17.7. The summed E-state index contributed by atoms with van der Waals surface area (Å²) in [5.74, 6) is -2.79. The van der Waals surface area contributed by atoms with Crippen LogP contribution in [0.5, 0.6) is 0 Å². The number of alkyl halides is 3. The van der Waals surface area contributed by atoms with Crippen molar-refractivity contribution in [2.45, 2.75) is 25.8 Å². The molecule has 0 saturated heterocycles. The summed E-state index contributed by atoms with van der Waals surface area (Å²) in [7, 11) is 6.00. The zero-order valence-corrected chi connectivity index (χ0v) is 17.7. The van der Waals surface area contributed by atoms with Crippen LogP contribution in [-0.2, 0) is 31.5 Å². The maximum atomic E-state index is 12.9. The Morgan fingerprint density at radius 1 is 1.12 bits per heavy atom. The lowest BCUT2D eigenvalue weighted by molar-refractivity contribution is -0.192. The molecule has 0 unspecified atom stereocenters. The molecule has 1 aliphatic rings. The fourth-order valence-corrected chi connectivity index (χ4v) is 3.39. The van der Waals surface area contributed by atoms with Crippen molar-refractivity contribution >= 4 is 22.8 Å². The third kappa shape index (κ3) is 5.05. The number of aromatic nitrogens is 3. The van der Waals surface area contributed by atoms with E-state index in [2.05, 4.69) is 15.0 Å². The Kier molecular flexibility index (Phi) is 6.49. The summed E-state index contributed by atoms with van der Waals surface area (Å²) < 4.78 is 33.6. The molecule has 0 radical (unpaired) electrons. The topological polar surface area (TPSA) is 91.6 Å². The standard InChI is InChI=1S/C19H21N5O.C2HF3O2/c1-22(2)11-17-14-10-24(12-18(14)23(3)21-17)19(25)16-9-8-13-6-4-5-7-15(13)20-16;3-2(4,5)1(6)7/h4-9H,10-12H2,1-3H3;(H,6,7). The average molecular weight is 449 g/mol. The van der Waals surface area contributed by atoms with Crippen LogP contribution >= 0.6 is 0 Å². The van der Waals surface area contributed by atoms with Crippen LogP contribution in [0, 0.1) is 0 Å². The Morgan fingerprint density at radius 3 is 2.41 bits per heavy atom. The highest BCUT2D eigenvalue weighted by molar-refractivity contribution is 5.95. The third-order valence-corrected chi connectivity index (χ3v) is 4.86. The molecule has 1 amide bonds. The fourth-order valence-electron chi connectivity index (χ4n) is 3.39. The van der Waals surface area contributed by atoms with E-state index in [1.807, 2.05) is 67.1 Å². The Hall–Kier alpha value is -3.47. The van der Waals surface area contributed by atoms with Gasteiger partial charge in [0.15, 0.2) is 0 Å². The van der Waals surface area contributed by atoms with Gasteiger partial charge in [-0.1, -0.05) is 24.3 Å². The number of para-hydroxylation sites is 1. The second-order valence-electron chi connectivity index (χ2n) is 7.59. The first kappa shape index (κ1) is 23.2. The lowest BCUT2D eigenvalue weighted by Gasteiger charge is -2.16. The molecule has 2 aromatic heterocycles. The molecule has 0 fully saturated rings. The Labute approximate surface area is 181 Å². The minimum Gasteiger partial charge on any atom is -0.475 e. The maximum absolute atomic E-state index is 12.9. The minimum absolute atomic E-state index is 0.0299. The van der Waals surface area contributed by atoms with Gasteiger partial charge in [0.05, 0.1) is 30.0 Å². The summed E-state index contributed by atoms with van der Waals surface area (Å²) >= 11 is 0. The molecular formula is C21H22F3N5O3. The molecule has 1 aliphatic heterocycles. The molecule has 0 saturated carbocycles. The number of benzene rings is 1. The molecule has 11 heteroatoms. The summed E-state index contributed by atoms with van der Waals surface area (Å²) in [5.41, 5.74) is 4.68. The van der Waals surface area contributed by atoms with Gasteiger partial charge in [0.25, 0.3) is 5.91 Å². The van der Waals surface area contributed by atoms with E-state index in [1.54, 1.807) is 0 Å². The first-order chi connectivity index (χ1) is 15.0. The molecule has 0 spiro atoms. The lowest BCUT2D eigenvalue weighted by atomic mass is 10.2. The summed E-state index contributed by atoms with van der Waals surface area (Å²) in [6.07, 6.45) is -5.08. The Morgan fingerprint density at radius 2 is 1.78 bits per heavy atom. The van der Waals surface area contributed by atoms with E-state index >= 15 is 0 Å². The number of nitrogens with zero attached hydrogens (tertiary/aromatic N) is 5. The number of carbonyl (C=O) groups excluding carboxylic acids is 1. The van der Waals surface area contributed by atoms with E-state index in [1.165, 1.54) is 5.56 Å². The van der Waals surface area contributed by atoms with Crippen LogP contribution in [0.15, 0.2) is 36.4 Å². The smallest absolute Gasteiger partial charge is 0.475 e. The van der Waals surface area contributed by atoms with Gasteiger partial charge in [0.1, 0.15) is 5.69 Å². The van der Waals surface area contributed by atoms with Crippen molar-refractivity contribution in [1.82, 2.24) is 24.6 Å². The van der Waals surface area contributed by atoms with Crippen molar-refractivity contribution in [3.63, 3.8) is 0 Å². The van der Waals surface area contributed by atoms with Gasteiger partial charge in [-0.2, -0.15) is 18.3 Å². The van der Waals surface area contributed by atoms with Crippen molar-refractivity contribution in [3.05, 3.63) is 59.0 Å². The number of carboxylic acids is 1. The number of hydrogen-bond donors (Lipinski definition) is 1. The molecule has 1 N–H and O–H groups in total. The summed E-state index contributed by atoms with van der Waals surface area (Å²) in [5, 5.41) is 12.8. The number of amides is 1. The van der Waals surface area contributed by atoms with Crippen LogP contribution < -0.4 is 0 Å². The van der Waals surface area contributed by atoms with Crippen molar-refractivity contribution in [1.29, 1.82) is 0 Å².